The summed E-state index contributed by atoms with van der Waals surface area (Å²) >= 11 is 3.51. The lowest BCUT2D eigenvalue weighted by molar-refractivity contribution is 0.0642. The second kappa shape index (κ2) is 10.9. The first kappa shape index (κ1) is 22.1. The number of piperidine rings is 1. The van der Waals surface area contributed by atoms with Crippen LogP contribution in [0.5, 0.6) is 11.5 Å². The molecule has 5 nitrogen and oxygen atoms in total. The molecule has 7 heteroatoms. The van der Waals surface area contributed by atoms with Gasteiger partial charge in [0.15, 0.2) is 11.5 Å². The molecule has 0 unspecified atom stereocenters. The van der Waals surface area contributed by atoms with Gasteiger partial charge < -0.3 is 19.7 Å². The molecule has 25 heavy (non-hydrogen) atoms. The third-order valence-electron chi connectivity index (χ3n) is 4.24. The lowest BCUT2D eigenvalue weighted by Crippen LogP contribution is -2.46. The monoisotopic (exact) mass is 434 g/mol. The Morgan fingerprint density at radius 2 is 2.00 bits per heavy atom. The molecule has 1 saturated heterocycles. The average Bonchev–Trinajstić information content (AvgIpc) is 2.61. The zero-order valence-corrected chi connectivity index (χ0v) is 17.5. The van der Waals surface area contributed by atoms with Crippen LogP contribution in [0.4, 0.5) is 0 Å². The SMILES string of the molecule is CCCN(C(=O)c1cc(Br)c(OCC)c(OC)c1)C1CCNCC1.Cl. The topological polar surface area (TPSA) is 50.8 Å². The number of rotatable bonds is 7. The predicted molar refractivity (Wildman–Crippen MR) is 106 cm³/mol. The minimum absolute atomic E-state index is 0. The number of nitrogens with one attached hydrogen (secondary N) is 1. The molecule has 0 aliphatic carbocycles. The third kappa shape index (κ3) is 5.50. The van der Waals surface area contributed by atoms with Crippen molar-refractivity contribution in [1.82, 2.24) is 10.2 Å². The highest BCUT2D eigenvalue weighted by molar-refractivity contribution is 9.10. The summed E-state index contributed by atoms with van der Waals surface area (Å²) in [6.45, 7) is 7.28. The molecule has 1 amide bonds. The summed E-state index contributed by atoms with van der Waals surface area (Å²) in [7, 11) is 1.59. The number of hydrogen-bond acceptors (Lipinski definition) is 4. The molecule has 0 aromatic heterocycles. The Balaban J connectivity index is 0.00000312. The normalized spacial score (nSPS) is 14.6. The number of methoxy groups -OCH3 is 1. The van der Waals surface area contributed by atoms with E-state index in [0.29, 0.717) is 29.7 Å². The van der Waals surface area contributed by atoms with Gasteiger partial charge in [-0.15, -0.1) is 12.4 Å². The highest BCUT2D eigenvalue weighted by Gasteiger charge is 2.27. The lowest BCUT2D eigenvalue weighted by Gasteiger charge is -2.34. The molecule has 1 aliphatic rings. The molecule has 0 bridgehead atoms. The number of hydrogen-bond donors (Lipinski definition) is 1. The molecule has 0 saturated carbocycles. The van der Waals surface area contributed by atoms with Gasteiger partial charge >= 0.3 is 0 Å². The highest BCUT2D eigenvalue weighted by Crippen LogP contribution is 2.37. The summed E-state index contributed by atoms with van der Waals surface area (Å²) in [5.74, 6) is 1.28. The molecular formula is C18H28BrClN2O3. The number of carbonyl (C=O) groups is 1. The molecule has 1 N–H and O–H groups in total. The van der Waals surface area contributed by atoms with Crippen LogP contribution in [0.1, 0.15) is 43.5 Å². The zero-order chi connectivity index (χ0) is 17.5. The van der Waals surface area contributed by atoms with Gasteiger partial charge in [-0.3, -0.25) is 4.79 Å². The van der Waals surface area contributed by atoms with Crippen LogP contribution >= 0.6 is 28.3 Å². The van der Waals surface area contributed by atoms with Gasteiger partial charge in [0.25, 0.3) is 5.91 Å². The largest absolute Gasteiger partial charge is 0.493 e. The summed E-state index contributed by atoms with van der Waals surface area (Å²) < 4.78 is 11.8. The first-order chi connectivity index (χ1) is 11.6. The average molecular weight is 436 g/mol. The number of amides is 1. The van der Waals surface area contributed by atoms with Crippen LogP contribution in [0, 0.1) is 0 Å². The van der Waals surface area contributed by atoms with Gasteiger partial charge in [-0.2, -0.15) is 0 Å². The summed E-state index contributed by atoms with van der Waals surface area (Å²) in [5.41, 5.74) is 0.633. The van der Waals surface area contributed by atoms with Crippen LogP contribution < -0.4 is 14.8 Å². The van der Waals surface area contributed by atoms with Crippen molar-refractivity contribution in [2.45, 2.75) is 39.2 Å². The van der Waals surface area contributed by atoms with Crippen molar-refractivity contribution in [3.63, 3.8) is 0 Å². The molecule has 0 spiro atoms. The van der Waals surface area contributed by atoms with Crippen molar-refractivity contribution >= 4 is 34.2 Å². The van der Waals surface area contributed by atoms with E-state index in [9.17, 15) is 4.79 Å². The van der Waals surface area contributed by atoms with Crippen LogP contribution in [-0.4, -0.2) is 50.2 Å². The molecule has 1 aromatic carbocycles. The van der Waals surface area contributed by atoms with E-state index in [1.165, 1.54) is 0 Å². The van der Waals surface area contributed by atoms with E-state index < -0.39 is 0 Å². The maximum absolute atomic E-state index is 13.1. The fraction of sp³-hybridized carbons (Fsp3) is 0.611. The van der Waals surface area contributed by atoms with Crippen LogP contribution in [0.15, 0.2) is 16.6 Å². The molecule has 1 aromatic rings. The molecule has 142 valence electrons. The van der Waals surface area contributed by atoms with Crippen molar-refractivity contribution in [2.75, 3.05) is 33.4 Å². The van der Waals surface area contributed by atoms with E-state index in [-0.39, 0.29) is 18.3 Å². The van der Waals surface area contributed by atoms with Crippen LogP contribution in [0.3, 0.4) is 0 Å². The Hall–Kier alpha value is -0.980. The van der Waals surface area contributed by atoms with E-state index in [4.69, 9.17) is 9.47 Å². The van der Waals surface area contributed by atoms with E-state index >= 15 is 0 Å². The molecule has 0 radical (unpaired) electrons. The van der Waals surface area contributed by atoms with Crippen molar-refractivity contribution in [2.24, 2.45) is 0 Å². The zero-order valence-electron chi connectivity index (χ0n) is 15.1. The Kier molecular flexibility index (Phi) is 9.61. The second-order valence-corrected chi connectivity index (χ2v) is 6.76. The summed E-state index contributed by atoms with van der Waals surface area (Å²) in [6, 6.07) is 3.91. The Bertz CT molecular complexity index is 565. The summed E-state index contributed by atoms with van der Waals surface area (Å²) in [4.78, 5) is 15.1. The molecule has 1 aliphatic heterocycles. The van der Waals surface area contributed by atoms with Crippen LogP contribution in [-0.2, 0) is 0 Å². The smallest absolute Gasteiger partial charge is 0.254 e. The Morgan fingerprint density at radius 3 is 2.56 bits per heavy atom. The maximum atomic E-state index is 13.1. The molecule has 1 heterocycles. The fourth-order valence-corrected chi connectivity index (χ4v) is 3.66. The Labute approximate surface area is 165 Å². The number of benzene rings is 1. The van der Waals surface area contributed by atoms with Gasteiger partial charge in [0.05, 0.1) is 18.2 Å². The van der Waals surface area contributed by atoms with Gasteiger partial charge in [-0.1, -0.05) is 6.92 Å². The van der Waals surface area contributed by atoms with E-state index in [1.54, 1.807) is 13.2 Å². The summed E-state index contributed by atoms with van der Waals surface area (Å²) in [6.07, 6.45) is 2.95. The molecule has 1 fully saturated rings. The first-order valence-electron chi connectivity index (χ1n) is 8.64. The second-order valence-electron chi connectivity index (χ2n) is 5.90. The van der Waals surface area contributed by atoms with Crippen molar-refractivity contribution in [1.29, 1.82) is 0 Å². The first-order valence-corrected chi connectivity index (χ1v) is 9.43. The summed E-state index contributed by atoms with van der Waals surface area (Å²) in [5, 5.41) is 3.36. The predicted octanol–water partition coefficient (Wildman–Crippen LogP) is 3.88. The van der Waals surface area contributed by atoms with Crippen LogP contribution in [0.25, 0.3) is 0 Å². The molecular weight excluding hydrogens is 408 g/mol. The third-order valence-corrected chi connectivity index (χ3v) is 4.83. The van der Waals surface area contributed by atoms with Gasteiger partial charge in [0, 0.05) is 18.2 Å². The molecule has 0 atom stereocenters. The standard InChI is InChI=1S/C18H27BrN2O3.ClH/c1-4-10-21(14-6-8-20-9-7-14)18(22)13-11-15(19)17(24-5-2)16(12-13)23-3;/h11-12,14,20H,4-10H2,1-3H3;1H. The van der Waals surface area contributed by atoms with Gasteiger partial charge in [-0.05, 0) is 67.3 Å². The number of halogens is 2. The number of ether oxygens (including phenoxy) is 2. The van der Waals surface area contributed by atoms with Crippen molar-refractivity contribution in [3.05, 3.63) is 22.2 Å². The van der Waals surface area contributed by atoms with E-state index in [2.05, 4.69) is 28.2 Å². The minimum Gasteiger partial charge on any atom is -0.493 e. The quantitative estimate of drug-likeness (QED) is 0.706. The Morgan fingerprint density at radius 1 is 1.32 bits per heavy atom. The van der Waals surface area contributed by atoms with Crippen molar-refractivity contribution < 1.29 is 14.3 Å². The van der Waals surface area contributed by atoms with Gasteiger partial charge in [0.1, 0.15) is 0 Å². The van der Waals surface area contributed by atoms with Crippen LogP contribution in [0.2, 0.25) is 0 Å². The van der Waals surface area contributed by atoms with Gasteiger partial charge in [0.2, 0.25) is 0 Å². The van der Waals surface area contributed by atoms with Gasteiger partial charge in [-0.25, -0.2) is 0 Å². The van der Waals surface area contributed by atoms with E-state index in [0.717, 1.165) is 43.4 Å². The minimum atomic E-state index is 0. The van der Waals surface area contributed by atoms with Crippen molar-refractivity contribution in [3.8, 4) is 11.5 Å². The lowest BCUT2D eigenvalue weighted by atomic mass is 10.0. The number of nitrogens with zero attached hydrogens (tertiary/aromatic N) is 1. The fourth-order valence-electron chi connectivity index (χ4n) is 3.10. The highest BCUT2D eigenvalue weighted by atomic mass is 79.9. The maximum Gasteiger partial charge on any atom is 0.254 e. The molecule has 2 rings (SSSR count). The van der Waals surface area contributed by atoms with E-state index in [1.807, 2.05) is 17.9 Å². The number of carbonyl (C=O) groups excluding carboxylic acids is 1.